The minimum absolute atomic E-state index is 0.0887. The van der Waals surface area contributed by atoms with Crippen LogP contribution in [-0.4, -0.2) is 57.1 Å². The number of hydrogen-bond donors (Lipinski definition) is 1. The molecule has 4 bridgehead atoms. The molecule has 1 N–H and O–H groups in total. The summed E-state index contributed by atoms with van der Waals surface area (Å²) >= 11 is 13.2. The number of carbonyl (C=O) groups is 1. The molecule has 5 aromatic rings. The number of aromatic nitrogens is 3. The quantitative estimate of drug-likeness (QED) is 0.182. The van der Waals surface area contributed by atoms with Crippen molar-refractivity contribution in [2.75, 3.05) is 24.5 Å². The van der Waals surface area contributed by atoms with E-state index in [4.69, 9.17) is 28.2 Å². The second-order valence-corrected chi connectivity index (χ2v) is 16.3. The predicted octanol–water partition coefficient (Wildman–Crippen LogP) is 8.18. The minimum Gasteiger partial charge on any atom is -0.368 e. The fourth-order valence-corrected chi connectivity index (χ4v) is 10.5. The van der Waals surface area contributed by atoms with Crippen molar-refractivity contribution in [1.82, 2.24) is 24.8 Å². The minimum atomic E-state index is -0.460. The molecular weight excluding hydrogens is 696 g/mol. The van der Waals surface area contributed by atoms with Gasteiger partial charge in [0, 0.05) is 83.4 Å². The summed E-state index contributed by atoms with van der Waals surface area (Å²) in [6, 6.07) is 16.3. The van der Waals surface area contributed by atoms with Crippen LogP contribution in [-0.2, 0) is 11.2 Å². The lowest BCUT2D eigenvalue weighted by Crippen LogP contribution is -2.45. The third-order valence-corrected chi connectivity index (χ3v) is 13.3. The van der Waals surface area contributed by atoms with Crippen LogP contribution < -0.4 is 10.2 Å². The number of anilines is 1. The highest BCUT2D eigenvalue weighted by atomic mass is 35.5. The van der Waals surface area contributed by atoms with Crippen LogP contribution in [0.15, 0.2) is 54.9 Å². The van der Waals surface area contributed by atoms with Crippen LogP contribution in [0, 0.1) is 41.8 Å². The van der Waals surface area contributed by atoms with E-state index in [2.05, 4.69) is 42.9 Å². The predicted molar refractivity (Wildman–Crippen MR) is 201 cm³/mol. The highest BCUT2D eigenvalue weighted by Gasteiger charge is 2.55. The lowest BCUT2D eigenvalue weighted by molar-refractivity contribution is -0.135. The number of likely N-dealkylation sites (tertiary alicyclic amines) is 1. The molecule has 6 atom stereocenters. The molecule has 2 saturated carbocycles. The Morgan fingerprint density at radius 2 is 1.96 bits per heavy atom. The van der Waals surface area contributed by atoms with Gasteiger partial charge in [0.25, 0.3) is 0 Å². The van der Waals surface area contributed by atoms with Gasteiger partial charge in [-0.15, -0.1) is 0 Å². The Morgan fingerprint density at radius 3 is 2.69 bits per heavy atom. The van der Waals surface area contributed by atoms with E-state index in [0.29, 0.717) is 40.1 Å². The standard InChI is InChI=1S/C41H38Cl2FN7O/c1-21-29-16-33(39-25-13-27(50(39)41(52)22-9-10-22)20-49(19-25)26-6-4-12-46-18-26)51(38-24-15-32(38)47-17-24)40(29)30-14-23(5-3-11-45)34(36(44)37(30)48-21)28-7-2-8-31(42)35(28)43/h2,4,6-8,12,14,16,18,22,24-25,27,32,38-39,47H,3,5,9-10,13,15,17,19-20H2,1H3/t24-,25+,27-,32-,38+,39-/m1/s1. The first-order chi connectivity index (χ1) is 25.3. The molecule has 11 rings (SSSR count). The van der Waals surface area contributed by atoms with Gasteiger partial charge >= 0.3 is 0 Å². The van der Waals surface area contributed by atoms with Gasteiger partial charge in [-0.2, -0.15) is 5.26 Å². The van der Waals surface area contributed by atoms with Gasteiger partial charge < -0.3 is 19.7 Å². The van der Waals surface area contributed by atoms with Crippen molar-refractivity contribution in [3.8, 4) is 17.2 Å². The summed E-state index contributed by atoms with van der Waals surface area (Å²) in [6.45, 7) is 4.50. The Hall–Kier alpha value is -4.23. The molecule has 0 spiro atoms. The molecule has 6 fully saturated rings. The Morgan fingerprint density at radius 1 is 1.10 bits per heavy atom. The van der Waals surface area contributed by atoms with E-state index >= 15 is 4.39 Å². The molecule has 2 aliphatic carbocycles. The van der Waals surface area contributed by atoms with Crippen LogP contribution in [0.4, 0.5) is 10.1 Å². The zero-order chi connectivity index (χ0) is 35.4. The molecule has 8 nitrogen and oxygen atoms in total. The van der Waals surface area contributed by atoms with Crippen LogP contribution in [0.3, 0.4) is 0 Å². The van der Waals surface area contributed by atoms with Gasteiger partial charge in [0.15, 0.2) is 5.82 Å². The number of hydrogen-bond acceptors (Lipinski definition) is 6. The maximum atomic E-state index is 17.3. The van der Waals surface area contributed by atoms with Crippen LogP contribution in [0.1, 0.15) is 61.1 Å². The number of pyridine rings is 2. The summed E-state index contributed by atoms with van der Waals surface area (Å²) in [5.74, 6) is 0.554. The number of benzene rings is 2. The number of nitrogens with one attached hydrogen (secondary N) is 1. The van der Waals surface area contributed by atoms with E-state index in [9.17, 15) is 10.1 Å². The fourth-order valence-electron chi connectivity index (χ4n) is 10.1. The van der Waals surface area contributed by atoms with E-state index in [1.807, 2.05) is 25.3 Å². The molecule has 4 saturated heterocycles. The zero-order valence-electron chi connectivity index (χ0n) is 28.8. The summed E-state index contributed by atoms with van der Waals surface area (Å²) in [6.07, 6.45) is 8.24. The summed E-state index contributed by atoms with van der Waals surface area (Å²) in [4.78, 5) is 28.4. The Kier molecular flexibility index (Phi) is 7.58. The molecule has 0 radical (unpaired) electrons. The average Bonchev–Trinajstić information content (AvgIpc) is 3.43. The number of nitrogens with zero attached hydrogens (tertiary/aromatic N) is 6. The lowest BCUT2D eigenvalue weighted by Gasteiger charge is -2.40. The van der Waals surface area contributed by atoms with Crippen LogP contribution >= 0.6 is 23.2 Å². The summed E-state index contributed by atoms with van der Waals surface area (Å²) < 4.78 is 19.8. The average molecular weight is 735 g/mol. The Labute approximate surface area is 311 Å². The molecule has 4 aliphatic heterocycles. The summed E-state index contributed by atoms with van der Waals surface area (Å²) in [5, 5.41) is 15.7. The van der Waals surface area contributed by atoms with Crippen molar-refractivity contribution in [3.05, 3.63) is 87.7 Å². The number of carbonyl (C=O) groups excluding carboxylic acids is 1. The van der Waals surface area contributed by atoms with Crippen LogP contribution in [0.25, 0.3) is 32.9 Å². The van der Waals surface area contributed by atoms with Gasteiger partial charge in [-0.05, 0) is 80.8 Å². The van der Waals surface area contributed by atoms with Crippen molar-refractivity contribution >= 4 is 56.6 Å². The molecule has 3 aromatic heterocycles. The van der Waals surface area contributed by atoms with Crippen molar-refractivity contribution in [2.45, 2.75) is 69.6 Å². The van der Waals surface area contributed by atoms with Gasteiger partial charge in [0.2, 0.25) is 5.91 Å². The molecule has 264 valence electrons. The first-order valence-electron chi connectivity index (χ1n) is 18.5. The number of nitriles is 1. The second-order valence-electron chi connectivity index (χ2n) is 15.5. The van der Waals surface area contributed by atoms with Crippen molar-refractivity contribution in [1.29, 1.82) is 5.26 Å². The van der Waals surface area contributed by atoms with E-state index in [-0.39, 0.29) is 52.8 Å². The Bertz CT molecular complexity index is 2320. The molecule has 11 heteroatoms. The number of fused-ring (bicyclic) bond motifs is 6. The fraction of sp³-hybridized carbons (Fsp3) is 0.415. The van der Waals surface area contributed by atoms with Gasteiger partial charge in [0.1, 0.15) is 5.52 Å². The summed E-state index contributed by atoms with van der Waals surface area (Å²) in [7, 11) is 0. The third kappa shape index (κ3) is 4.83. The molecular formula is C41H38Cl2FN7O. The number of aryl methyl sites for hydroxylation is 2. The lowest BCUT2D eigenvalue weighted by atomic mass is 9.79. The Balaban J connectivity index is 1.22. The van der Waals surface area contributed by atoms with E-state index in [1.165, 1.54) is 0 Å². The number of amides is 1. The first-order valence-corrected chi connectivity index (χ1v) is 19.3. The van der Waals surface area contributed by atoms with Crippen LogP contribution in [0.5, 0.6) is 0 Å². The number of halogens is 3. The van der Waals surface area contributed by atoms with Crippen molar-refractivity contribution in [2.24, 2.45) is 17.8 Å². The highest BCUT2D eigenvalue weighted by Crippen LogP contribution is 2.54. The summed E-state index contributed by atoms with van der Waals surface area (Å²) in [5.41, 5.74) is 5.72. The molecule has 0 unspecified atom stereocenters. The smallest absolute Gasteiger partial charge is 0.226 e. The van der Waals surface area contributed by atoms with Crippen LogP contribution in [0.2, 0.25) is 10.0 Å². The van der Waals surface area contributed by atoms with Gasteiger partial charge in [-0.25, -0.2) is 9.37 Å². The SMILES string of the molecule is Cc1nc2c(F)c(-c3cccc(Cl)c3Cl)c(CCC#N)cc2c2c1cc([C@H]1[C@H]3C[C@H](CN(c4cccnc4)C3)N1C(=O)C1CC1)n2[C@H]1[C@H]2CN[C@@H]1C2. The topological polar surface area (TPSA) is 90.1 Å². The zero-order valence-corrected chi connectivity index (χ0v) is 30.3. The largest absolute Gasteiger partial charge is 0.368 e. The van der Waals surface area contributed by atoms with E-state index < -0.39 is 5.82 Å². The van der Waals surface area contributed by atoms with Crippen molar-refractivity contribution < 1.29 is 9.18 Å². The van der Waals surface area contributed by atoms with E-state index in [1.54, 1.807) is 24.4 Å². The van der Waals surface area contributed by atoms with Crippen molar-refractivity contribution in [3.63, 3.8) is 0 Å². The molecule has 52 heavy (non-hydrogen) atoms. The molecule has 2 aromatic carbocycles. The van der Waals surface area contributed by atoms with Gasteiger partial charge in [-0.1, -0.05) is 35.3 Å². The number of piperidine rings is 1. The van der Waals surface area contributed by atoms with E-state index in [0.717, 1.165) is 78.7 Å². The monoisotopic (exact) mass is 733 g/mol. The third-order valence-electron chi connectivity index (χ3n) is 12.5. The number of rotatable bonds is 7. The van der Waals surface area contributed by atoms with Gasteiger partial charge in [0.05, 0.1) is 51.6 Å². The second kappa shape index (κ2) is 12.2. The first kappa shape index (κ1) is 32.4. The molecule has 1 amide bonds. The maximum Gasteiger partial charge on any atom is 0.226 e. The molecule has 7 heterocycles. The molecule has 6 aliphatic rings. The highest BCUT2D eigenvalue weighted by molar-refractivity contribution is 6.43. The normalized spacial score (nSPS) is 26.3. The maximum absolute atomic E-state index is 17.3. The van der Waals surface area contributed by atoms with Gasteiger partial charge in [-0.3, -0.25) is 9.78 Å².